The first-order valence-corrected chi connectivity index (χ1v) is 11.7. The molecule has 0 radical (unpaired) electrons. The minimum absolute atomic E-state index is 0.0570. The number of aromatic nitrogens is 2. The van der Waals surface area contributed by atoms with E-state index in [1.165, 1.54) is 4.90 Å². The molecule has 0 unspecified atom stereocenters. The molecular formula is C29H21N3O2. The average molecular weight is 444 g/mol. The molecule has 0 spiro atoms. The van der Waals surface area contributed by atoms with Gasteiger partial charge in [0.15, 0.2) is 5.82 Å². The van der Waals surface area contributed by atoms with Crippen molar-refractivity contribution in [1.29, 1.82) is 0 Å². The van der Waals surface area contributed by atoms with Gasteiger partial charge < -0.3 is 0 Å². The number of rotatable bonds is 3. The van der Waals surface area contributed by atoms with Crippen LogP contribution >= 0.6 is 0 Å². The van der Waals surface area contributed by atoms with Crippen LogP contribution in [0, 0.1) is 23.7 Å². The number of benzene rings is 3. The molecule has 0 N–H and O–H groups in total. The van der Waals surface area contributed by atoms with Crippen molar-refractivity contribution in [2.45, 2.75) is 6.42 Å². The molecule has 4 atom stereocenters. The van der Waals surface area contributed by atoms with Gasteiger partial charge in [-0.1, -0.05) is 72.8 Å². The van der Waals surface area contributed by atoms with E-state index < -0.39 is 0 Å². The third-order valence-electron chi connectivity index (χ3n) is 7.50. The molecule has 2 amide bonds. The SMILES string of the molecule is O=C1[C@@H]2[C@@H](C(=O)N1c1ccc(-c3nc(-c4ccccc4)nc4ccccc34)cc1)[C@H]1C=C[C@@H]2C1. The number of nitrogens with zero attached hydrogens (tertiary/aromatic N) is 3. The van der Waals surface area contributed by atoms with Crippen LogP contribution in [0.4, 0.5) is 5.69 Å². The van der Waals surface area contributed by atoms with Gasteiger partial charge in [-0.05, 0) is 36.5 Å². The third kappa shape index (κ3) is 2.73. The van der Waals surface area contributed by atoms with Crippen LogP contribution in [0.2, 0.25) is 0 Å². The lowest BCUT2D eigenvalue weighted by Gasteiger charge is -2.18. The average Bonchev–Trinajstić information content (AvgIpc) is 3.58. The monoisotopic (exact) mass is 443 g/mol. The highest BCUT2D eigenvalue weighted by Gasteiger charge is 2.59. The Labute approximate surface area is 196 Å². The number of carbonyl (C=O) groups excluding carboxylic acids is 2. The molecule has 1 aliphatic heterocycles. The summed E-state index contributed by atoms with van der Waals surface area (Å²) in [6.07, 6.45) is 5.17. The number of para-hydroxylation sites is 1. The quantitative estimate of drug-likeness (QED) is 0.319. The van der Waals surface area contributed by atoms with Gasteiger partial charge >= 0.3 is 0 Å². The van der Waals surface area contributed by atoms with Crippen LogP contribution in [0.5, 0.6) is 0 Å². The molecule has 3 aromatic carbocycles. The number of fused-ring (bicyclic) bond motifs is 6. The van der Waals surface area contributed by atoms with Gasteiger partial charge in [0.2, 0.25) is 11.8 Å². The molecular weight excluding hydrogens is 422 g/mol. The zero-order valence-electron chi connectivity index (χ0n) is 18.3. The van der Waals surface area contributed by atoms with Crippen molar-refractivity contribution in [2.24, 2.45) is 23.7 Å². The third-order valence-corrected chi connectivity index (χ3v) is 7.50. The minimum atomic E-state index is -0.193. The summed E-state index contributed by atoms with van der Waals surface area (Å²) in [6, 6.07) is 25.5. The Kier molecular flexibility index (Phi) is 4.09. The van der Waals surface area contributed by atoms with Crippen LogP contribution in [0.25, 0.3) is 33.5 Å². The summed E-state index contributed by atoms with van der Waals surface area (Å²) in [5, 5.41) is 0.959. The fourth-order valence-electron chi connectivity index (χ4n) is 5.94. The first-order valence-electron chi connectivity index (χ1n) is 11.7. The highest BCUT2D eigenvalue weighted by molar-refractivity contribution is 6.22. The molecule has 2 heterocycles. The molecule has 5 nitrogen and oxygen atoms in total. The Morgan fingerprint density at radius 1 is 0.676 bits per heavy atom. The molecule has 1 aromatic heterocycles. The molecule has 3 aliphatic rings. The maximum Gasteiger partial charge on any atom is 0.238 e. The van der Waals surface area contributed by atoms with Crippen LogP contribution in [0.15, 0.2) is 91.0 Å². The molecule has 5 heteroatoms. The second-order valence-electron chi connectivity index (χ2n) is 9.34. The van der Waals surface area contributed by atoms with E-state index in [0.717, 1.165) is 34.1 Å². The highest BCUT2D eigenvalue weighted by atomic mass is 16.2. The van der Waals surface area contributed by atoms with E-state index in [2.05, 4.69) is 12.2 Å². The number of carbonyl (C=O) groups is 2. The first-order chi connectivity index (χ1) is 16.7. The predicted molar refractivity (Wildman–Crippen MR) is 131 cm³/mol. The topological polar surface area (TPSA) is 63.2 Å². The number of allylic oxidation sites excluding steroid dienone is 2. The zero-order valence-corrected chi connectivity index (χ0v) is 18.3. The van der Waals surface area contributed by atoms with Gasteiger partial charge in [-0.3, -0.25) is 14.5 Å². The van der Waals surface area contributed by atoms with Crippen LogP contribution in [-0.2, 0) is 9.59 Å². The fraction of sp³-hybridized carbons (Fsp3) is 0.172. The maximum absolute atomic E-state index is 13.2. The summed E-state index contributed by atoms with van der Waals surface area (Å²) in [7, 11) is 0. The van der Waals surface area contributed by atoms with Gasteiger partial charge in [0, 0.05) is 16.5 Å². The standard InChI is InChI=1S/C29H21N3O2/c33-28-24-19-10-11-20(16-19)25(24)29(34)32(28)21-14-12-17(13-15-21)26-22-8-4-5-9-23(22)30-27(31-26)18-6-2-1-3-7-18/h1-15,19-20,24-25H,16H2/t19-,20+,24-,25-/m0/s1. The van der Waals surface area contributed by atoms with E-state index in [9.17, 15) is 9.59 Å². The summed E-state index contributed by atoms with van der Waals surface area (Å²) in [5.74, 6) is 0.581. The first kappa shape index (κ1) is 19.4. The molecule has 2 bridgehead atoms. The minimum Gasteiger partial charge on any atom is -0.274 e. The zero-order chi connectivity index (χ0) is 22.8. The molecule has 4 aromatic rings. The van der Waals surface area contributed by atoms with Crippen LogP contribution in [0.3, 0.4) is 0 Å². The van der Waals surface area contributed by atoms with E-state index >= 15 is 0 Å². The number of hydrogen-bond donors (Lipinski definition) is 0. The molecule has 1 saturated heterocycles. The van der Waals surface area contributed by atoms with E-state index in [-0.39, 0.29) is 35.5 Å². The molecule has 164 valence electrons. The predicted octanol–water partition coefficient (Wildman–Crippen LogP) is 5.28. The lowest BCUT2D eigenvalue weighted by molar-refractivity contribution is -0.123. The number of imide groups is 1. The summed E-state index contributed by atoms with van der Waals surface area (Å²) >= 11 is 0. The Balaban J connectivity index is 1.28. The van der Waals surface area contributed by atoms with Crippen LogP contribution in [0.1, 0.15) is 6.42 Å². The van der Waals surface area contributed by atoms with Crippen molar-refractivity contribution in [2.75, 3.05) is 4.90 Å². The van der Waals surface area contributed by atoms with Gasteiger partial charge in [-0.15, -0.1) is 0 Å². The maximum atomic E-state index is 13.2. The number of anilines is 1. The molecule has 34 heavy (non-hydrogen) atoms. The van der Waals surface area contributed by atoms with Crippen molar-refractivity contribution in [3.63, 3.8) is 0 Å². The summed E-state index contributed by atoms with van der Waals surface area (Å²) in [4.78, 5) is 37.4. The van der Waals surface area contributed by atoms with Crippen molar-refractivity contribution in [3.05, 3.63) is 91.0 Å². The van der Waals surface area contributed by atoms with Crippen molar-refractivity contribution < 1.29 is 9.59 Å². The van der Waals surface area contributed by atoms with Crippen molar-refractivity contribution >= 4 is 28.4 Å². The van der Waals surface area contributed by atoms with E-state index in [4.69, 9.17) is 9.97 Å². The fourth-order valence-corrected chi connectivity index (χ4v) is 5.94. The number of hydrogen-bond acceptors (Lipinski definition) is 4. The molecule has 2 fully saturated rings. The second-order valence-corrected chi connectivity index (χ2v) is 9.34. The van der Waals surface area contributed by atoms with Gasteiger partial charge in [0.05, 0.1) is 28.7 Å². The molecule has 1 saturated carbocycles. The van der Waals surface area contributed by atoms with E-state index in [1.807, 2.05) is 78.9 Å². The van der Waals surface area contributed by atoms with E-state index in [1.54, 1.807) is 0 Å². The Morgan fingerprint density at radius 3 is 2.03 bits per heavy atom. The summed E-state index contributed by atoms with van der Waals surface area (Å²) in [5.41, 5.74) is 4.20. The molecule has 7 rings (SSSR count). The smallest absolute Gasteiger partial charge is 0.238 e. The Hall–Kier alpha value is -4.12. The Bertz CT molecular complexity index is 1460. The summed E-state index contributed by atoms with van der Waals surface area (Å²) < 4.78 is 0. The highest BCUT2D eigenvalue weighted by Crippen LogP contribution is 2.53. The van der Waals surface area contributed by atoms with Crippen molar-refractivity contribution in [3.8, 4) is 22.6 Å². The number of amides is 2. The largest absolute Gasteiger partial charge is 0.274 e. The Morgan fingerprint density at radius 2 is 1.32 bits per heavy atom. The second kappa shape index (κ2) is 7.19. The molecule has 2 aliphatic carbocycles. The normalized spacial score (nSPS) is 24.9. The van der Waals surface area contributed by atoms with Gasteiger partial charge in [0.25, 0.3) is 0 Å². The van der Waals surface area contributed by atoms with E-state index in [0.29, 0.717) is 11.5 Å². The lowest BCUT2D eigenvalue weighted by atomic mass is 9.85. The van der Waals surface area contributed by atoms with Gasteiger partial charge in [-0.2, -0.15) is 0 Å². The lowest BCUT2D eigenvalue weighted by Crippen LogP contribution is -2.32. The summed E-state index contributed by atoms with van der Waals surface area (Å²) in [6.45, 7) is 0. The van der Waals surface area contributed by atoms with Crippen LogP contribution in [-0.4, -0.2) is 21.8 Å². The van der Waals surface area contributed by atoms with Gasteiger partial charge in [0.1, 0.15) is 0 Å². The van der Waals surface area contributed by atoms with Crippen LogP contribution < -0.4 is 4.90 Å². The van der Waals surface area contributed by atoms with Crippen molar-refractivity contribution in [1.82, 2.24) is 9.97 Å². The van der Waals surface area contributed by atoms with Gasteiger partial charge in [-0.25, -0.2) is 9.97 Å².